The third-order valence-corrected chi connectivity index (χ3v) is 4.61. The van der Waals surface area contributed by atoms with Gasteiger partial charge in [0.2, 0.25) is 0 Å². The van der Waals surface area contributed by atoms with Gasteiger partial charge in [-0.3, -0.25) is 4.79 Å². The van der Waals surface area contributed by atoms with Crippen LogP contribution in [0.1, 0.15) is 21.5 Å². The molecule has 0 atom stereocenters. The van der Waals surface area contributed by atoms with Crippen LogP contribution in [0.2, 0.25) is 0 Å². The Balaban J connectivity index is 1.67. The minimum Gasteiger partial charge on any atom is -0.493 e. The van der Waals surface area contributed by atoms with Crippen LogP contribution in [0.25, 0.3) is 0 Å². The van der Waals surface area contributed by atoms with Crippen LogP contribution in [0.15, 0.2) is 82.4 Å². The van der Waals surface area contributed by atoms with Crippen LogP contribution in [0, 0.1) is 0 Å². The molecule has 0 aliphatic heterocycles. The first-order valence-corrected chi connectivity index (χ1v) is 9.39. The van der Waals surface area contributed by atoms with Crippen molar-refractivity contribution in [1.29, 1.82) is 0 Å². The number of hydrogen-bond acceptors (Lipinski definition) is 4. The molecule has 0 aliphatic rings. The topological polar surface area (TPSA) is 59.9 Å². The van der Waals surface area contributed by atoms with E-state index in [0.717, 1.165) is 11.1 Å². The van der Waals surface area contributed by atoms with Crippen LogP contribution in [-0.4, -0.2) is 19.2 Å². The molecule has 3 aromatic carbocycles. The number of hydrogen-bond donors (Lipinski definition) is 1. The highest BCUT2D eigenvalue weighted by Crippen LogP contribution is 2.28. The molecular weight excluding hydrogens is 420 g/mol. The van der Waals surface area contributed by atoms with Gasteiger partial charge in [0.25, 0.3) is 5.91 Å². The standard InChI is InChI=1S/C22H19BrN2O3/c1-27-20-12-11-17(13-21(20)28-15-16-7-3-2-4-8-16)14-24-25-22(26)18-9-5-6-10-19(18)23/h2-14H,15H2,1H3,(H,25,26). The Labute approximate surface area is 172 Å². The maximum Gasteiger partial charge on any atom is 0.272 e. The Morgan fingerprint density at radius 3 is 2.54 bits per heavy atom. The van der Waals surface area contributed by atoms with E-state index in [-0.39, 0.29) is 5.91 Å². The van der Waals surface area contributed by atoms with E-state index in [1.54, 1.807) is 37.6 Å². The third-order valence-electron chi connectivity index (χ3n) is 3.92. The van der Waals surface area contributed by atoms with Crippen LogP contribution in [0.5, 0.6) is 11.5 Å². The second-order valence-electron chi connectivity index (χ2n) is 5.86. The smallest absolute Gasteiger partial charge is 0.272 e. The highest BCUT2D eigenvalue weighted by molar-refractivity contribution is 9.10. The molecule has 0 unspecified atom stereocenters. The Hall–Kier alpha value is -3.12. The van der Waals surface area contributed by atoms with Gasteiger partial charge in [-0.2, -0.15) is 5.10 Å². The molecule has 0 saturated heterocycles. The predicted octanol–water partition coefficient (Wildman–Crippen LogP) is 4.80. The number of carbonyl (C=O) groups is 1. The summed E-state index contributed by atoms with van der Waals surface area (Å²) in [5, 5.41) is 4.03. The molecule has 6 heteroatoms. The third kappa shape index (κ3) is 5.20. The lowest BCUT2D eigenvalue weighted by molar-refractivity contribution is 0.0954. The van der Waals surface area contributed by atoms with E-state index in [0.29, 0.717) is 28.1 Å². The average Bonchev–Trinajstić information content (AvgIpc) is 2.73. The van der Waals surface area contributed by atoms with Gasteiger partial charge in [-0.05, 0) is 57.4 Å². The average molecular weight is 439 g/mol. The minimum atomic E-state index is -0.294. The van der Waals surface area contributed by atoms with E-state index in [4.69, 9.17) is 9.47 Å². The fourth-order valence-corrected chi connectivity index (χ4v) is 2.96. The van der Waals surface area contributed by atoms with E-state index in [1.807, 2.05) is 48.5 Å². The number of halogens is 1. The first kappa shape index (κ1) is 19.6. The van der Waals surface area contributed by atoms with Gasteiger partial charge < -0.3 is 9.47 Å². The summed E-state index contributed by atoms with van der Waals surface area (Å²) in [4.78, 5) is 12.2. The summed E-state index contributed by atoms with van der Waals surface area (Å²) in [6.45, 7) is 0.427. The summed E-state index contributed by atoms with van der Waals surface area (Å²) in [5.41, 5.74) is 4.87. The van der Waals surface area contributed by atoms with Gasteiger partial charge in [-0.15, -0.1) is 0 Å². The second-order valence-corrected chi connectivity index (χ2v) is 6.72. The zero-order chi connectivity index (χ0) is 19.8. The number of rotatable bonds is 7. The quantitative estimate of drug-likeness (QED) is 0.425. The summed E-state index contributed by atoms with van der Waals surface area (Å²) in [6, 6.07) is 22.5. The van der Waals surface area contributed by atoms with E-state index in [1.165, 1.54) is 0 Å². The van der Waals surface area contributed by atoms with Gasteiger partial charge in [0.15, 0.2) is 11.5 Å². The van der Waals surface area contributed by atoms with Crippen molar-refractivity contribution in [2.45, 2.75) is 6.61 Å². The van der Waals surface area contributed by atoms with Gasteiger partial charge in [0, 0.05) is 4.47 Å². The molecule has 0 bridgehead atoms. The Bertz CT molecular complexity index is 975. The lowest BCUT2D eigenvalue weighted by Gasteiger charge is -2.11. The number of benzene rings is 3. The van der Waals surface area contributed by atoms with Crippen molar-refractivity contribution in [2.75, 3.05) is 7.11 Å². The second kappa shape index (κ2) is 9.71. The van der Waals surface area contributed by atoms with Crippen molar-refractivity contribution >= 4 is 28.1 Å². The first-order valence-electron chi connectivity index (χ1n) is 8.60. The Morgan fingerprint density at radius 2 is 1.79 bits per heavy atom. The monoisotopic (exact) mass is 438 g/mol. The van der Waals surface area contributed by atoms with Gasteiger partial charge in [0.1, 0.15) is 6.61 Å². The lowest BCUT2D eigenvalue weighted by Crippen LogP contribution is -2.18. The molecule has 0 saturated carbocycles. The van der Waals surface area contributed by atoms with Gasteiger partial charge >= 0.3 is 0 Å². The number of carbonyl (C=O) groups excluding carboxylic acids is 1. The van der Waals surface area contributed by atoms with Crippen LogP contribution in [-0.2, 0) is 6.61 Å². The summed E-state index contributed by atoms with van der Waals surface area (Å²) < 4.78 is 12.0. The zero-order valence-electron chi connectivity index (χ0n) is 15.3. The molecule has 1 N–H and O–H groups in total. The normalized spacial score (nSPS) is 10.6. The first-order chi connectivity index (χ1) is 13.7. The summed E-state index contributed by atoms with van der Waals surface area (Å²) >= 11 is 3.35. The molecule has 0 heterocycles. The maximum atomic E-state index is 12.2. The molecule has 1 amide bonds. The summed E-state index contributed by atoms with van der Waals surface area (Å²) in [6.07, 6.45) is 1.56. The van der Waals surface area contributed by atoms with Crippen molar-refractivity contribution in [3.05, 3.63) is 94.0 Å². The fraction of sp³-hybridized carbons (Fsp3) is 0.0909. The maximum absolute atomic E-state index is 12.2. The molecule has 3 rings (SSSR count). The lowest BCUT2D eigenvalue weighted by atomic mass is 10.2. The fourth-order valence-electron chi connectivity index (χ4n) is 2.49. The number of amides is 1. The van der Waals surface area contributed by atoms with Crippen molar-refractivity contribution in [2.24, 2.45) is 5.10 Å². The van der Waals surface area contributed by atoms with Gasteiger partial charge in [-0.1, -0.05) is 42.5 Å². The molecule has 0 aromatic heterocycles. The predicted molar refractivity (Wildman–Crippen MR) is 113 cm³/mol. The Morgan fingerprint density at radius 1 is 1.04 bits per heavy atom. The molecule has 5 nitrogen and oxygen atoms in total. The van der Waals surface area contributed by atoms with Crippen molar-refractivity contribution < 1.29 is 14.3 Å². The number of methoxy groups -OCH3 is 1. The summed E-state index contributed by atoms with van der Waals surface area (Å²) in [5.74, 6) is 0.940. The van der Waals surface area contributed by atoms with Gasteiger partial charge in [-0.25, -0.2) is 5.43 Å². The largest absolute Gasteiger partial charge is 0.493 e. The molecule has 0 radical (unpaired) electrons. The molecule has 3 aromatic rings. The molecule has 0 fully saturated rings. The summed E-state index contributed by atoms with van der Waals surface area (Å²) in [7, 11) is 1.59. The van der Waals surface area contributed by atoms with Crippen LogP contribution in [0.4, 0.5) is 0 Å². The van der Waals surface area contributed by atoms with E-state index in [9.17, 15) is 4.79 Å². The van der Waals surface area contributed by atoms with Crippen LogP contribution >= 0.6 is 15.9 Å². The highest BCUT2D eigenvalue weighted by atomic mass is 79.9. The van der Waals surface area contributed by atoms with E-state index in [2.05, 4.69) is 26.5 Å². The molecule has 0 spiro atoms. The van der Waals surface area contributed by atoms with Crippen LogP contribution < -0.4 is 14.9 Å². The SMILES string of the molecule is COc1ccc(C=NNC(=O)c2ccccc2Br)cc1OCc1ccccc1. The van der Waals surface area contributed by atoms with Crippen LogP contribution in [0.3, 0.4) is 0 Å². The van der Waals surface area contributed by atoms with Gasteiger partial charge in [0.05, 0.1) is 18.9 Å². The number of nitrogens with one attached hydrogen (secondary N) is 1. The molecule has 142 valence electrons. The molecule has 0 aliphatic carbocycles. The Kier molecular flexibility index (Phi) is 6.81. The van der Waals surface area contributed by atoms with E-state index >= 15 is 0 Å². The molecular formula is C22H19BrN2O3. The number of nitrogens with zero attached hydrogens (tertiary/aromatic N) is 1. The number of hydrazone groups is 1. The van der Waals surface area contributed by atoms with Crippen molar-refractivity contribution in [1.82, 2.24) is 5.43 Å². The highest BCUT2D eigenvalue weighted by Gasteiger charge is 2.08. The van der Waals surface area contributed by atoms with E-state index < -0.39 is 0 Å². The zero-order valence-corrected chi connectivity index (χ0v) is 16.8. The van der Waals surface area contributed by atoms with Crippen molar-refractivity contribution in [3.63, 3.8) is 0 Å². The minimum absolute atomic E-state index is 0.294. The molecule has 28 heavy (non-hydrogen) atoms. The number of ether oxygens (including phenoxy) is 2. The van der Waals surface area contributed by atoms with Crippen molar-refractivity contribution in [3.8, 4) is 11.5 Å².